The van der Waals surface area contributed by atoms with Gasteiger partial charge < -0.3 is 15.8 Å². The van der Waals surface area contributed by atoms with Gasteiger partial charge in [-0.25, -0.2) is 0 Å². The van der Waals surface area contributed by atoms with Gasteiger partial charge in [0.2, 0.25) is 0 Å². The van der Waals surface area contributed by atoms with Crippen LogP contribution in [0.4, 0.5) is 0 Å². The van der Waals surface area contributed by atoms with Crippen molar-refractivity contribution in [3.05, 3.63) is 34.9 Å². The molecule has 0 aliphatic rings. The van der Waals surface area contributed by atoms with E-state index in [0.29, 0.717) is 17.7 Å². The molecule has 0 heterocycles. The average molecular weight is 260 g/mol. The van der Waals surface area contributed by atoms with E-state index in [1.165, 1.54) is 0 Å². The molecule has 0 saturated heterocycles. The Morgan fingerprint density at radius 3 is 2.89 bits per heavy atom. The lowest BCUT2D eigenvalue weighted by molar-refractivity contribution is 0.0905. The first kappa shape index (κ1) is 15.2. The van der Waals surface area contributed by atoms with E-state index >= 15 is 0 Å². The number of rotatable bonds is 4. The molecule has 1 rings (SSSR count). The molecular formula is C15H20N2O2. The molecule has 0 bridgehead atoms. The minimum Gasteiger partial charge on any atom is -0.383 e. The normalized spacial score (nSPS) is 11.4. The average Bonchev–Trinajstić information content (AvgIpc) is 2.37. The predicted molar refractivity (Wildman–Crippen MR) is 75.9 cm³/mol. The molecule has 1 unspecified atom stereocenters. The topological polar surface area (TPSA) is 64.3 Å². The van der Waals surface area contributed by atoms with E-state index in [0.717, 1.165) is 5.56 Å². The maximum Gasteiger partial charge on any atom is 0.252 e. The summed E-state index contributed by atoms with van der Waals surface area (Å²) in [5.41, 5.74) is 7.64. The lowest BCUT2D eigenvalue weighted by Gasteiger charge is -2.14. The molecule has 0 saturated carbocycles. The maximum atomic E-state index is 12.2. The summed E-state index contributed by atoms with van der Waals surface area (Å²) in [6, 6.07) is 5.55. The number of ether oxygens (including phenoxy) is 1. The third-order valence-electron chi connectivity index (χ3n) is 2.54. The van der Waals surface area contributed by atoms with E-state index in [1.54, 1.807) is 7.11 Å². The van der Waals surface area contributed by atoms with E-state index in [9.17, 15) is 4.79 Å². The van der Waals surface area contributed by atoms with Crippen LogP contribution in [-0.2, 0) is 4.74 Å². The van der Waals surface area contributed by atoms with Crippen molar-refractivity contribution in [3.63, 3.8) is 0 Å². The van der Waals surface area contributed by atoms with Crippen LogP contribution in [0.2, 0.25) is 0 Å². The van der Waals surface area contributed by atoms with Gasteiger partial charge in [-0.1, -0.05) is 23.5 Å². The first-order valence-electron chi connectivity index (χ1n) is 6.18. The molecule has 19 heavy (non-hydrogen) atoms. The monoisotopic (exact) mass is 260 g/mol. The SMILES string of the molecule is COCC(C)NC(=O)c1cc(C)ccc1C#CCN. The summed E-state index contributed by atoms with van der Waals surface area (Å²) in [6.07, 6.45) is 0. The second-order valence-corrected chi connectivity index (χ2v) is 4.38. The molecule has 0 fully saturated rings. The third kappa shape index (κ3) is 4.74. The molecule has 0 radical (unpaired) electrons. The van der Waals surface area contributed by atoms with Crippen molar-refractivity contribution < 1.29 is 9.53 Å². The van der Waals surface area contributed by atoms with Gasteiger partial charge >= 0.3 is 0 Å². The van der Waals surface area contributed by atoms with Gasteiger partial charge in [0.05, 0.1) is 18.7 Å². The molecular weight excluding hydrogens is 240 g/mol. The van der Waals surface area contributed by atoms with E-state index < -0.39 is 0 Å². The standard InChI is InChI=1S/C15H20N2O2/c1-11-6-7-13(5-4-8-16)14(9-11)15(18)17-12(2)10-19-3/h6-7,9,12H,8,10,16H2,1-3H3,(H,17,18). The molecule has 0 aliphatic carbocycles. The molecule has 3 N–H and O–H groups in total. The Morgan fingerprint density at radius 1 is 1.53 bits per heavy atom. The van der Waals surface area contributed by atoms with Crippen LogP contribution in [0, 0.1) is 18.8 Å². The summed E-state index contributed by atoms with van der Waals surface area (Å²) in [7, 11) is 1.60. The molecule has 1 aromatic carbocycles. The van der Waals surface area contributed by atoms with Crippen LogP contribution in [-0.4, -0.2) is 32.2 Å². The van der Waals surface area contributed by atoms with E-state index in [2.05, 4.69) is 17.2 Å². The molecule has 1 aromatic rings. The first-order valence-corrected chi connectivity index (χ1v) is 6.18. The molecule has 1 amide bonds. The zero-order valence-electron chi connectivity index (χ0n) is 11.6. The number of hydrogen-bond acceptors (Lipinski definition) is 3. The smallest absolute Gasteiger partial charge is 0.252 e. The highest BCUT2D eigenvalue weighted by atomic mass is 16.5. The highest BCUT2D eigenvalue weighted by Crippen LogP contribution is 2.11. The van der Waals surface area contributed by atoms with Gasteiger partial charge in [-0.15, -0.1) is 0 Å². The summed E-state index contributed by atoms with van der Waals surface area (Å²) in [5, 5.41) is 2.88. The number of carbonyl (C=O) groups is 1. The highest BCUT2D eigenvalue weighted by molar-refractivity contribution is 5.97. The number of benzene rings is 1. The fourth-order valence-electron chi connectivity index (χ4n) is 1.69. The zero-order valence-corrected chi connectivity index (χ0v) is 11.6. The highest BCUT2D eigenvalue weighted by Gasteiger charge is 2.13. The Morgan fingerprint density at radius 2 is 2.26 bits per heavy atom. The summed E-state index contributed by atoms with van der Waals surface area (Å²) in [6.45, 7) is 4.58. The van der Waals surface area contributed by atoms with Gasteiger partial charge in [-0.05, 0) is 26.0 Å². The number of carbonyl (C=O) groups excluding carboxylic acids is 1. The number of hydrogen-bond donors (Lipinski definition) is 2. The molecule has 102 valence electrons. The van der Waals surface area contributed by atoms with Crippen LogP contribution < -0.4 is 11.1 Å². The minimum absolute atomic E-state index is 0.0478. The maximum absolute atomic E-state index is 12.2. The second kappa shape index (κ2) is 7.57. The van der Waals surface area contributed by atoms with Crippen LogP contribution in [0.15, 0.2) is 18.2 Å². The van der Waals surface area contributed by atoms with E-state index in [-0.39, 0.29) is 18.5 Å². The van der Waals surface area contributed by atoms with Gasteiger partial charge in [0.1, 0.15) is 0 Å². The van der Waals surface area contributed by atoms with Crippen molar-refractivity contribution in [1.82, 2.24) is 5.32 Å². The number of amides is 1. The quantitative estimate of drug-likeness (QED) is 0.796. The molecule has 0 aromatic heterocycles. The molecule has 4 heteroatoms. The Balaban J connectivity index is 2.97. The van der Waals surface area contributed by atoms with Crippen LogP contribution in [0.25, 0.3) is 0 Å². The molecule has 4 nitrogen and oxygen atoms in total. The Hall–Kier alpha value is -1.83. The van der Waals surface area contributed by atoms with E-state index in [4.69, 9.17) is 10.5 Å². The van der Waals surface area contributed by atoms with Crippen molar-refractivity contribution in [3.8, 4) is 11.8 Å². The van der Waals surface area contributed by atoms with Crippen LogP contribution in [0.5, 0.6) is 0 Å². The molecule has 0 aliphatic heterocycles. The zero-order chi connectivity index (χ0) is 14.3. The van der Waals surface area contributed by atoms with Gasteiger partial charge in [-0.3, -0.25) is 4.79 Å². The van der Waals surface area contributed by atoms with Gasteiger partial charge in [0.25, 0.3) is 5.91 Å². The van der Waals surface area contributed by atoms with Crippen molar-refractivity contribution >= 4 is 5.91 Å². The van der Waals surface area contributed by atoms with Crippen molar-refractivity contribution in [1.29, 1.82) is 0 Å². The van der Waals surface area contributed by atoms with Gasteiger partial charge in [0, 0.05) is 18.7 Å². The largest absolute Gasteiger partial charge is 0.383 e. The number of nitrogens with one attached hydrogen (secondary N) is 1. The van der Waals surface area contributed by atoms with Gasteiger partial charge in [0.15, 0.2) is 0 Å². The van der Waals surface area contributed by atoms with Crippen molar-refractivity contribution in [2.24, 2.45) is 5.73 Å². The predicted octanol–water partition coefficient (Wildman–Crippen LogP) is 1.07. The van der Waals surface area contributed by atoms with Crippen molar-refractivity contribution in [2.75, 3.05) is 20.3 Å². The van der Waals surface area contributed by atoms with Crippen LogP contribution in [0.1, 0.15) is 28.4 Å². The summed E-state index contributed by atoms with van der Waals surface area (Å²) < 4.78 is 5.00. The fraction of sp³-hybridized carbons (Fsp3) is 0.400. The fourth-order valence-corrected chi connectivity index (χ4v) is 1.69. The number of methoxy groups -OCH3 is 1. The lowest BCUT2D eigenvalue weighted by Crippen LogP contribution is -2.36. The summed E-state index contributed by atoms with van der Waals surface area (Å²) in [5.74, 6) is 5.55. The molecule has 1 atom stereocenters. The van der Waals surface area contributed by atoms with Crippen molar-refractivity contribution in [2.45, 2.75) is 19.9 Å². The Labute approximate surface area is 114 Å². The van der Waals surface area contributed by atoms with Crippen LogP contribution >= 0.6 is 0 Å². The van der Waals surface area contributed by atoms with E-state index in [1.807, 2.05) is 32.0 Å². The second-order valence-electron chi connectivity index (χ2n) is 4.38. The number of aryl methyl sites for hydroxylation is 1. The number of nitrogens with two attached hydrogens (primary N) is 1. The Kier molecular flexibility index (Phi) is 6.07. The van der Waals surface area contributed by atoms with Crippen LogP contribution in [0.3, 0.4) is 0 Å². The summed E-state index contributed by atoms with van der Waals surface area (Å²) in [4.78, 5) is 12.2. The Bertz CT molecular complexity index is 501. The molecule has 0 spiro atoms. The third-order valence-corrected chi connectivity index (χ3v) is 2.54. The first-order chi connectivity index (χ1) is 9.08. The minimum atomic E-state index is -0.144. The van der Waals surface area contributed by atoms with Gasteiger partial charge in [-0.2, -0.15) is 0 Å². The lowest BCUT2D eigenvalue weighted by atomic mass is 10.0. The summed E-state index contributed by atoms with van der Waals surface area (Å²) >= 11 is 0.